The van der Waals surface area contributed by atoms with E-state index in [9.17, 15) is 40.2 Å². The molecule has 2 aliphatic heterocycles. The summed E-state index contributed by atoms with van der Waals surface area (Å²) in [5, 5.41) is 82.0. The summed E-state index contributed by atoms with van der Waals surface area (Å²) >= 11 is 0. The monoisotopic (exact) mass is 510 g/mol. The molecule has 0 unspecified atom stereocenters. The number of carbonyl (C=O) groups is 2. The van der Waals surface area contributed by atoms with Crippen molar-refractivity contribution in [3.63, 3.8) is 0 Å². The summed E-state index contributed by atoms with van der Waals surface area (Å²) in [6.45, 7) is -1.17. The van der Waals surface area contributed by atoms with Crippen LogP contribution in [0.25, 0.3) is 0 Å². The van der Waals surface area contributed by atoms with E-state index in [1.165, 1.54) is 0 Å². The van der Waals surface area contributed by atoms with Gasteiger partial charge in [-0.2, -0.15) is 0 Å². The molecule has 10 N–H and O–H groups in total. The van der Waals surface area contributed by atoms with Gasteiger partial charge in [0.2, 0.25) is 11.8 Å². The highest BCUT2D eigenvalue weighted by atomic mass is 16.6. The molecular formula is C21H38N2O12. The minimum atomic E-state index is -1.57. The smallest absolute Gasteiger partial charge is 0.222 e. The Morgan fingerprint density at radius 1 is 0.543 bits per heavy atom. The van der Waals surface area contributed by atoms with Gasteiger partial charge in [-0.1, -0.05) is 19.3 Å². The van der Waals surface area contributed by atoms with Gasteiger partial charge in [0.1, 0.15) is 48.8 Å². The van der Waals surface area contributed by atoms with Crippen LogP contribution in [0.5, 0.6) is 0 Å². The lowest BCUT2D eigenvalue weighted by Crippen LogP contribution is -2.63. The zero-order chi connectivity index (χ0) is 26.1. The van der Waals surface area contributed by atoms with E-state index in [1.54, 1.807) is 0 Å². The van der Waals surface area contributed by atoms with E-state index >= 15 is 0 Å². The number of hydrogen-bond donors (Lipinski definition) is 10. The van der Waals surface area contributed by atoms with Gasteiger partial charge in [0.05, 0.1) is 13.2 Å². The molecule has 0 aromatic carbocycles. The molecule has 10 atom stereocenters. The molecule has 14 nitrogen and oxygen atoms in total. The quantitative estimate of drug-likeness (QED) is 0.112. The van der Waals surface area contributed by atoms with Gasteiger partial charge < -0.3 is 61.0 Å². The van der Waals surface area contributed by atoms with Gasteiger partial charge in [0.15, 0.2) is 12.5 Å². The Kier molecular flexibility index (Phi) is 12.2. The van der Waals surface area contributed by atoms with Gasteiger partial charge in [-0.3, -0.25) is 9.59 Å². The molecule has 0 aromatic heterocycles. The average molecular weight is 511 g/mol. The van der Waals surface area contributed by atoms with Crippen molar-refractivity contribution in [1.29, 1.82) is 0 Å². The van der Waals surface area contributed by atoms with Crippen LogP contribution < -0.4 is 10.6 Å². The molecule has 2 amide bonds. The molecule has 2 fully saturated rings. The van der Waals surface area contributed by atoms with Crippen molar-refractivity contribution in [1.82, 2.24) is 10.6 Å². The van der Waals surface area contributed by atoms with E-state index < -0.39 is 86.3 Å². The fourth-order valence-electron chi connectivity index (χ4n) is 4.00. The highest BCUT2D eigenvalue weighted by molar-refractivity contribution is 5.76. The number of carbonyl (C=O) groups excluding carboxylic acids is 2. The van der Waals surface area contributed by atoms with Crippen molar-refractivity contribution in [2.45, 2.75) is 106 Å². The van der Waals surface area contributed by atoms with Gasteiger partial charge in [0.25, 0.3) is 0 Å². The molecule has 204 valence electrons. The van der Waals surface area contributed by atoms with Gasteiger partial charge in [-0.15, -0.1) is 0 Å². The predicted molar refractivity (Wildman–Crippen MR) is 116 cm³/mol. The lowest BCUT2D eigenvalue weighted by Gasteiger charge is -2.40. The summed E-state index contributed by atoms with van der Waals surface area (Å²) in [6, 6.07) is 0. The molecule has 2 saturated heterocycles. The second-order valence-electron chi connectivity index (χ2n) is 8.90. The third-order valence-corrected chi connectivity index (χ3v) is 6.20. The fraction of sp³-hybridized carbons (Fsp3) is 0.905. The Hall–Kier alpha value is -1.46. The van der Waals surface area contributed by atoms with Crippen LogP contribution in [0, 0.1) is 0 Å². The molecule has 2 aliphatic rings. The Morgan fingerprint density at radius 2 is 0.886 bits per heavy atom. The van der Waals surface area contributed by atoms with Crippen molar-refractivity contribution < 1.29 is 59.9 Å². The summed E-state index contributed by atoms with van der Waals surface area (Å²) in [4.78, 5) is 24.2. The molecule has 14 heteroatoms. The standard InChI is InChI=1S/C21H38N2O12/c24-8-10-14(28)16(30)18(32)20(34-10)22-12(26)6-4-2-1-3-5-7-13(27)23-21-19(33)17(31)15(29)11(9-25)35-21/h10-11,14-21,24-25,28-33H,1-9H2,(H,22,26)(H,23,27)/t10-,11-,14-,15-,16+,17+,18-,19-,20-,21-/m1/s1. The normalized spacial score (nSPS) is 37.6. The van der Waals surface area contributed by atoms with E-state index in [1.807, 2.05) is 0 Å². The maximum atomic E-state index is 12.1. The highest BCUT2D eigenvalue weighted by Gasteiger charge is 2.44. The topological polar surface area (TPSA) is 238 Å². The lowest BCUT2D eigenvalue weighted by molar-refractivity contribution is -0.236. The first-order valence-electron chi connectivity index (χ1n) is 11.8. The Balaban J connectivity index is 1.57. The number of rotatable bonds is 12. The first-order chi connectivity index (χ1) is 16.6. The summed E-state index contributed by atoms with van der Waals surface area (Å²) in [5.41, 5.74) is 0. The number of aliphatic hydroxyl groups is 8. The summed E-state index contributed by atoms with van der Waals surface area (Å²) in [7, 11) is 0. The lowest BCUT2D eigenvalue weighted by atomic mass is 9.98. The van der Waals surface area contributed by atoms with E-state index in [0.717, 1.165) is 6.42 Å². The molecule has 2 rings (SSSR count). The Labute approximate surface area is 202 Å². The van der Waals surface area contributed by atoms with Crippen molar-refractivity contribution in [3.8, 4) is 0 Å². The van der Waals surface area contributed by atoms with Gasteiger partial charge >= 0.3 is 0 Å². The van der Waals surface area contributed by atoms with E-state index in [-0.39, 0.29) is 12.8 Å². The van der Waals surface area contributed by atoms with Gasteiger partial charge in [-0.05, 0) is 12.8 Å². The third kappa shape index (κ3) is 8.28. The number of ether oxygens (including phenoxy) is 2. The molecule has 0 radical (unpaired) electrons. The van der Waals surface area contributed by atoms with Crippen molar-refractivity contribution in [2.24, 2.45) is 0 Å². The maximum absolute atomic E-state index is 12.1. The minimum absolute atomic E-state index is 0.132. The van der Waals surface area contributed by atoms with Crippen molar-refractivity contribution in [3.05, 3.63) is 0 Å². The van der Waals surface area contributed by atoms with Crippen LogP contribution in [-0.2, 0) is 19.1 Å². The van der Waals surface area contributed by atoms with E-state index in [4.69, 9.17) is 19.7 Å². The first-order valence-corrected chi connectivity index (χ1v) is 11.8. The van der Waals surface area contributed by atoms with Crippen LogP contribution in [0.3, 0.4) is 0 Å². The zero-order valence-electron chi connectivity index (χ0n) is 19.3. The second kappa shape index (κ2) is 14.3. The summed E-state index contributed by atoms with van der Waals surface area (Å²) < 4.78 is 10.4. The van der Waals surface area contributed by atoms with Gasteiger partial charge in [0, 0.05) is 12.8 Å². The molecule has 0 spiro atoms. The third-order valence-electron chi connectivity index (χ3n) is 6.20. The first kappa shape index (κ1) is 29.8. The number of unbranched alkanes of at least 4 members (excludes halogenated alkanes) is 4. The Morgan fingerprint density at radius 3 is 1.23 bits per heavy atom. The number of amides is 2. The maximum Gasteiger partial charge on any atom is 0.222 e. The number of hydrogen-bond acceptors (Lipinski definition) is 12. The molecule has 2 heterocycles. The number of aliphatic hydroxyl groups excluding tert-OH is 8. The van der Waals surface area contributed by atoms with Crippen LogP contribution in [0.4, 0.5) is 0 Å². The van der Waals surface area contributed by atoms with Crippen LogP contribution >= 0.6 is 0 Å². The molecular weight excluding hydrogens is 472 g/mol. The average Bonchev–Trinajstić information content (AvgIpc) is 2.84. The molecule has 0 aliphatic carbocycles. The Bertz CT molecular complexity index is 612. The van der Waals surface area contributed by atoms with Crippen LogP contribution in [0.2, 0.25) is 0 Å². The molecule has 0 bridgehead atoms. The van der Waals surface area contributed by atoms with Gasteiger partial charge in [-0.25, -0.2) is 0 Å². The van der Waals surface area contributed by atoms with Crippen molar-refractivity contribution in [2.75, 3.05) is 13.2 Å². The SMILES string of the molecule is O=C(CCCCCCCC(=O)N[C@@H]1O[C@H](CO)[C@@H](O)[C@H](O)[C@H]1O)N[C@@H]1O[C@H](CO)[C@@H](O)[C@H](O)[C@H]1O. The number of nitrogens with one attached hydrogen (secondary N) is 2. The fourth-order valence-corrected chi connectivity index (χ4v) is 4.00. The molecule has 0 aromatic rings. The second-order valence-corrected chi connectivity index (χ2v) is 8.90. The molecule has 0 saturated carbocycles. The summed E-state index contributed by atoms with van der Waals surface area (Å²) in [5.74, 6) is -0.846. The predicted octanol–water partition coefficient (Wildman–Crippen LogP) is -4.45. The van der Waals surface area contributed by atoms with Crippen LogP contribution in [0.1, 0.15) is 44.9 Å². The van der Waals surface area contributed by atoms with E-state index in [2.05, 4.69) is 10.6 Å². The molecule has 35 heavy (non-hydrogen) atoms. The minimum Gasteiger partial charge on any atom is -0.394 e. The highest BCUT2D eigenvalue weighted by Crippen LogP contribution is 2.21. The van der Waals surface area contributed by atoms with E-state index in [0.29, 0.717) is 25.7 Å². The zero-order valence-corrected chi connectivity index (χ0v) is 19.3. The summed E-state index contributed by atoms with van der Waals surface area (Å²) in [6.07, 6.45) is -10.5. The van der Waals surface area contributed by atoms with Crippen molar-refractivity contribution >= 4 is 11.8 Å². The largest absolute Gasteiger partial charge is 0.394 e. The van der Waals surface area contributed by atoms with Crippen LogP contribution in [-0.4, -0.2) is 127 Å². The van der Waals surface area contributed by atoms with Crippen LogP contribution in [0.15, 0.2) is 0 Å².